The van der Waals surface area contributed by atoms with E-state index < -0.39 is 28.3 Å². The third-order valence-corrected chi connectivity index (χ3v) is 6.29. The van der Waals surface area contributed by atoms with E-state index in [0.717, 1.165) is 28.7 Å². The lowest BCUT2D eigenvalue weighted by Crippen LogP contribution is -2.32. The van der Waals surface area contributed by atoms with Gasteiger partial charge in [-0.25, -0.2) is 17.5 Å². The van der Waals surface area contributed by atoms with Crippen molar-refractivity contribution in [2.75, 3.05) is 11.9 Å². The molecule has 0 aliphatic carbocycles. The number of carbonyl (C=O) groups excluding carboxylic acids is 1. The number of halogens is 2. The highest BCUT2D eigenvalue weighted by atomic mass is 35.5. The number of nitrogens with one attached hydrogen (secondary N) is 2. The maximum absolute atomic E-state index is 13.0. The first-order valence-corrected chi connectivity index (χ1v) is 9.33. The van der Waals surface area contributed by atoms with Crippen LogP contribution in [0.1, 0.15) is 11.8 Å². The number of rotatable bonds is 6. The Kier molecular flexibility index (Phi) is 5.74. The molecule has 1 aromatic heterocycles. The molecule has 0 unspecified atom stereocenters. The molecule has 0 aliphatic heterocycles. The molecular formula is C14H14ClFN2O3S2. The van der Waals surface area contributed by atoms with Crippen LogP contribution in [0.3, 0.4) is 0 Å². The second-order valence-electron chi connectivity index (χ2n) is 4.58. The van der Waals surface area contributed by atoms with Gasteiger partial charge in [-0.05, 0) is 36.8 Å². The molecule has 9 heteroatoms. The van der Waals surface area contributed by atoms with E-state index in [1.165, 1.54) is 18.2 Å². The molecule has 124 valence electrons. The lowest BCUT2D eigenvalue weighted by Gasteiger charge is -2.07. The summed E-state index contributed by atoms with van der Waals surface area (Å²) in [6, 6.07) is 6.93. The number of sulfonamides is 1. The SMILES string of the molecule is CCc1ccc(S(=O)(=O)NCC(=O)Nc2ccc(F)c(Cl)c2)s1. The van der Waals surface area contributed by atoms with Crippen molar-refractivity contribution >= 4 is 44.6 Å². The van der Waals surface area contributed by atoms with Gasteiger partial charge in [0.1, 0.15) is 10.0 Å². The number of anilines is 1. The zero-order valence-electron chi connectivity index (χ0n) is 12.1. The molecule has 1 amide bonds. The number of thiophene rings is 1. The first kappa shape index (κ1) is 17.9. The summed E-state index contributed by atoms with van der Waals surface area (Å²) in [7, 11) is -3.73. The van der Waals surface area contributed by atoms with Crippen LogP contribution in [0.25, 0.3) is 0 Å². The zero-order valence-corrected chi connectivity index (χ0v) is 14.5. The minimum atomic E-state index is -3.73. The van der Waals surface area contributed by atoms with Gasteiger partial charge in [0.2, 0.25) is 5.91 Å². The van der Waals surface area contributed by atoms with E-state index in [1.807, 2.05) is 6.92 Å². The van der Waals surface area contributed by atoms with Crippen LogP contribution in [0.4, 0.5) is 10.1 Å². The van der Waals surface area contributed by atoms with Gasteiger partial charge in [-0.15, -0.1) is 11.3 Å². The van der Waals surface area contributed by atoms with Gasteiger partial charge in [-0.2, -0.15) is 0 Å². The first-order chi connectivity index (χ1) is 10.8. The number of hydrogen-bond donors (Lipinski definition) is 2. The summed E-state index contributed by atoms with van der Waals surface area (Å²) in [5.74, 6) is -1.18. The van der Waals surface area contributed by atoms with Crippen molar-refractivity contribution in [1.29, 1.82) is 0 Å². The van der Waals surface area contributed by atoms with E-state index in [-0.39, 0.29) is 14.9 Å². The lowest BCUT2D eigenvalue weighted by molar-refractivity contribution is -0.115. The minimum absolute atomic E-state index is 0.130. The van der Waals surface area contributed by atoms with Crippen LogP contribution in [0.5, 0.6) is 0 Å². The summed E-state index contributed by atoms with van der Waals surface area (Å²) in [6.45, 7) is 1.49. The predicted molar refractivity (Wildman–Crippen MR) is 88.9 cm³/mol. The average molecular weight is 377 g/mol. The molecule has 5 nitrogen and oxygen atoms in total. The maximum atomic E-state index is 13.0. The topological polar surface area (TPSA) is 75.3 Å². The number of carbonyl (C=O) groups is 1. The van der Waals surface area contributed by atoms with Crippen molar-refractivity contribution < 1.29 is 17.6 Å². The molecule has 1 aromatic carbocycles. The Morgan fingerprint density at radius 2 is 2.04 bits per heavy atom. The summed E-state index contributed by atoms with van der Waals surface area (Å²) >= 11 is 6.76. The van der Waals surface area contributed by atoms with Crippen molar-refractivity contribution in [3.05, 3.63) is 46.0 Å². The Hall–Kier alpha value is -1.48. The number of amides is 1. The molecule has 0 atom stereocenters. The molecule has 0 spiro atoms. The molecule has 0 fully saturated rings. The third kappa shape index (κ3) is 4.74. The average Bonchev–Trinajstić information content (AvgIpc) is 2.99. The minimum Gasteiger partial charge on any atom is -0.325 e. The van der Waals surface area contributed by atoms with Crippen molar-refractivity contribution in [2.24, 2.45) is 0 Å². The van der Waals surface area contributed by atoms with E-state index in [9.17, 15) is 17.6 Å². The highest BCUT2D eigenvalue weighted by molar-refractivity contribution is 7.91. The van der Waals surface area contributed by atoms with Gasteiger partial charge < -0.3 is 5.32 Å². The lowest BCUT2D eigenvalue weighted by atomic mass is 10.3. The molecule has 2 rings (SSSR count). The van der Waals surface area contributed by atoms with E-state index in [2.05, 4.69) is 10.0 Å². The summed E-state index contributed by atoms with van der Waals surface area (Å²) in [4.78, 5) is 12.7. The van der Waals surface area contributed by atoms with Crippen LogP contribution in [-0.2, 0) is 21.2 Å². The van der Waals surface area contributed by atoms with Crippen LogP contribution >= 0.6 is 22.9 Å². The smallest absolute Gasteiger partial charge is 0.250 e. The predicted octanol–water partition coefficient (Wildman–Crippen LogP) is 3.02. The maximum Gasteiger partial charge on any atom is 0.250 e. The number of aryl methyl sites for hydroxylation is 1. The van der Waals surface area contributed by atoms with Crippen molar-refractivity contribution in [2.45, 2.75) is 17.6 Å². The van der Waals surface area contributed by atoms with Gasteiger partial charge in [0, 0.05) is 10.6 Å². The fraction of sp³-hybridized carbons (Fsp3) is 0.214. The van der Waals surface area contributed by atoms with Gasteiger partial charge in [0.05, 0.1) is 11.6 Å². The summed E-state index contributed by atoms with van der Waals surface area (Å²) in [5.41, 5.74) is 0.282. The molecule has 0 bridgehead atoms. The Balaban J connectivity index is 1.96. The molecule has 2 N–H and O–H groups in total. The van der Waals surface area contributed by atoms with Crippen LogP contribution in [0, 0.1) is 5.82 Å². The van der Waals surface area contributed by atoms with Crippen molar-refractivity contribution in [1.82, 2.24) is 4.72 Å². The van der Waals surface area contributed by atoms with Gasteiger partial charge in [-0.1, -0.05) is 18.5 Å². The molecule has 0 radical (unpaired) electrons. The quantitative estimate of drug-likeness (QED) is 0.813. The van der Waals surface area contributed by atoms with Crippen LogP contribution in [0.2, 0.25) is 5.02 Å². The largest absolute Gasteiger partial charge is 0.325 e. The van der Waals surface area contributed by atoms with Gasteiger partial charge >= 0.3 is 0 Å². The molecule has 2 aromatic rings. The van der Waals surface area contributed by atoms with Crippen LogP contribution in [0.15, 0.2) is 34.5 Å². The van der Waals surface area contributed by atoms with E-state index >= 15 is 0 Å². The molecule has 1 heterocycles. The fourth-order valence-corrected chi connectivity index (χ4v) is 4.21. The van der Waals surface area contributed by atoms with Crippen LogP contribution < -0.4 is 10.0 Å². The highest BCUT2D eigenvalue weighted by Crippen LogP contribution is 2.22. The van der Waals surface area contributed by atoms with Gasteiger partial charge in [-0.3, -0.25) is 4.79 Å². The standard InChI is InChI=1S/C14H14ClFN2O3S2/c1-2-10-4-6-14(22-10)23(20,21)17-8-13(19)18-9-3-5-12(16)11(15)7-9/h3-7,17H,2,8H2,1H3,(H,18,19). The first-order valence-electron chi connectivity index (χ1n) is 6.65. The zero-order chi connectivity index (χ0) is 17.0. The normalized spacial score (nSPS) is 11.4. The molecule has 0 saturated carbocycles. The van der Waals surface area contributed by atoms with Crippen molar-refractivity contribution in [3.63, 3.8) is 0 Å². The number of hydrogen-bond acceptors (Lipinski definition) is 4. The Morgan fingerprint density at radius 1 is 1.30 bits per heavy atom. The Labute approximate surface area is 142 Å². The monoisotopic (exact) mass is 376 g/mol. The third-order valence-electron chi connectivity index (χ3n) is 2.88. The Bertz CT molecular complexity index is 821. The highest BCUT2D eigenvalue weighted by Gasteiger charge is 2.17. The van der Waals surface area contributed by atoms with E-state index in [4.69, 9.17) is 11.6 Å². The number of benzene rings is 1. The summed E-state index contributed by atoms with van der Waals surface area (Å²) < 4.78 is 39.5. The Morgan fingerprint density at radius 3 is 2.65 bits per heavy atom. The summed E-state index contributed by atoms with van der Waals surface area (Å²) in [6.07, 6.45) is 0.742. The van der Waals surface area contributed by atoms with E-state index in [0.29, 0.717) is 0 Å². The van der Waals surface area contributed by atoms with Crippen LogP contribution in [-0.4, -0.2) is 20.9 Å². The molecule has 0 aliphatic rings. The second-order valence-corrected chi connectivity index (χ2v) is 8.15. The van der Waals surface area contributed by atoms with Gasteiger partial charge in [0.25, 0.3) is 10.0 Å². The summed E-state index contributed by atoms with van der Waals surface area (Å²) in [5, 5.41) is 2.31. The molecule has 23 heavy (non-hydrogen) atoms. The molecule has 0 saturated heterocycles. The fourth-order valence-electron chi connectivity index (χ4n) is 1.70. The van der Waals surface area contributed by atoms with E-state index in [1.54, 1.807) is 6.07 Å². The second kappa shape index (κ2) is 7.39. The van der Waals surface area contributed by atoms with Crippen molar-refractivity contribution in [3.8, 4) is 0 Å². The van der Waals surface area contributed by atoms with Gasteiger partial charge in [0.15, 0.2) is 0 Å². The molecular weight excluding hydrogens is 363 g/mol.